The van der Waals surface area contributed by atoms with Crippen LogP contribution >= 0.6 is 0 Å². The molecule has 0 fully saturated rings. The van der Waals surface area contributed by atoms with Crippen molar-refractivity contribution < 1.29 is 9.59 Å². The molecule has 0 aromatic heterocycles. The van der Waals surface area contributed by atoms with Gasteiger partial charge in [0, 0.05) is 6.42 Å². The fraction of sp³-hybridized carbons (Fsp3) is 0.867. The van der Waals surface area contributed by atoms with Crippen molar-refractivity contribution in [1.29, 1.82) is 0 Å². The summed E-state index contributed by atoms with van der Waals surface area (Å²) in [6.07, 6.45) is 15.0. The van der Waals surface area contributed by atoms with E-state index in [9.17, 15) is 9.59 Å². The highest BCUT2D eigenvalue weighted by molar-refractivity contribution is 5.85. The molecule has 2 amide bonds. The molecule has 0 aliphatic heterocycles. The van der Waals surface area contributed by atoms with Crippen molar-refractivity contribution >= 4 is 12.3 Å². The van der Waals surface area contributed by atoms with Gasteiger partial charge in [-0.05, 0) is 6.42 Å². The first-order chi connectivity index (χ1) is 8.81. The lowest BCUT2D eigenvalue weighted by Crippen LogP contribution is -2.20. The molecule has 0 rings (SSSR count). The van der Waals surface area contributed by atoms with Gasteiger partial charge in [0.2, 0.25) is 12.3 Å². The molecule has 0 saturated heterocycles. The second-order valence-electron chi connectivity index (χ2n) is 4.97. The van der Waals surface area contributed by atoms with Gasteiger partial charge >= 0.3 is 0 Å². The Morgan fingerprint density at radius 2 is 1.28 bits per heavy atom. The molecule has 106 valence electrons. The average Bonchev–Trinajstić information content (AvgIpc) is 2.36. The predicted molar refractivity (Wildman–Crippen MR) is 75.3 cm³/mol. The molecule has 3 nitrogen and oxygen atoms in total. The number of unbranched alkanes of at least 4 members (excludes halogenated alkanes) is 10. The Kier molecular flexibility index (Phi) is 13.5. The number of carbonyl (C=O) groups excluding carboxylic acids is 2. The van der Waals surface area contributed by atoms with Crippen LogP contribution in [0.4, 0.5) is 0 Å². The highest BCUT2D eigenvalue weighted by Crippen LogP contribution is 2.11. The molecule has 0 unspecified atom stereocenters. The van der Waals surface area contributed by atoms with Crippen LogP contribution in [0.15, 0.2) is 0 Å². The maximum absolute atomic E-state index is 11.0. The molecule has 0 aliphatic carbocycles. The minimum Gasteiger partial charge on any atom is -0.299 e. The average molecular weight is 255 g/mol. The van der Waals surface area contributed by atoms with Gasteiger partial charge < -0.3 is 0 Å². The standard InChI is InChI=1S/C15H29NO2/c1-2-3-4-5-6-7-8-9-10-11-12-13-15(18)16-14-17/h14H,2-13H2,1H3,(H,16,17,18). The zero-order chi connectivity index (χ0) is 13.5. The molecule has 0 radical (unpaired) electrons. The number of carbonyl (C=O) groups is 2. The zero-order valence-corrected chi connectivity index (χ0v) is 11.9. The molecule has 1 N–H and O–H groups in total. The van der Waals surface area contributed by atoms with E-state index in [0.29, 0.717) is 12.8 Å². The third-order valence-electron chi connectivity index (χ3n) is 3.23. The van der Waals surface area contributed by atoms with Crippen molar-refractivity contribution in [3.05, 3.63) is 0 Å². The summed E-state index contributed by atoms with van der Waals surface area (Å²) in [5.74, 6) is -0.152. The van der Waals surface area contributed by atoms with Crippen molar-refractivity contribution in [2.45, 2.75) is 84.0 Å². The summed E-state index contributed by atoms with van der Waals surface area (Å²) in [6, 6.07) is 0. The quantitative estimate of drug-likeness (QED) is 0.400. The topological polar surface area (TPSA) is 46.2 Å². The summed E-state index contributed by atoms with van der Waals surface area (Å²) in [5, 5.41) is 2.16. The van der Waals surface area contributed by atoms with E-state index >= 15 is 0 Å². The van der Waals surface area contributed by atoms with E-state index < -0.39 is 0 Å². The maximum Gasteiger partial charge on any atom is 0.226 e. The lowest BCUT2D eigenvalue weighted by atomic mass is 10.1. The molecule has 0 aliphatic rings. The number of imide groups is 1. The van der Waals surface area contributed by atoms with E-state index in [2.05, 4.69) is 12.2 Å². The van der Waals surface area contributed by atoms with Crippen LogP contribution in [0, 0.1) is 0 Å². The third kappa shape index (κ3) is 13.2. The zero-order valence-electron chi connectivity index (χ0n) is 11.9. The van der Waals surface area contributed by atoms with Gasteiger partial charge in [0.15, 0.2) is 0 Å². The minimum absolute atomic E-state index is 0.152. The van der Waals surface area contributed by atoms with Crippen molar-refractivity contribution in [3.63, 3.8) is 0 Å². The summed E-state index contributed by atoms with van der Waals surface area (Å²) in [6.45, 7) is 2.25. The number of hydrogen-bond acceptors (Lipinski definition) is 2. The second kappa shape index (κ2) is 14.2. The lowest BCUT2D eigenvalue weighted by molar-refractivity contribution is -0.125. The molecule has 18 heavy (non-hydrogen) atoms. The molecule has 0 bridgehead atoms. The van der Waals surface area contributed by atoms with E-state index in [1.807, 2.05) is 0 Å². The Morgan fingerprint density at radius 3 is 1.72 bits per heavy atom. The van der Waals surface area contributed by atoms with Gasteiger partial charge in [0.1, 0.15) is 0 Å². The highest BCUT2D eigenvalue weighted by atomic mass is 16.2. The first-order valence-electron chi connectivity index (χ1n) is 7.54. The van der Waals surface area contributed by atoms with Gasteiger partial charge in [-0.2, -0.15) is 0 Å². The Morgan fingerprint density at radius 1 is 0.833 bits per heavy atom. The molecule has 0 aromatic carbocycles. The molecule has 0 heterocycles. The molecule has 0 atom stereocenters. The molecule has 0 aromatic rings. The predicted octanol–water partition coefficient (Wildman–Crippen LogP) is 3.96. The lowest BCUT2D eigenvalue weighted by Gasteiger charge is -2.02. The van der Waals surface area contributed by atoms with Crippen LogP contribution in [0.2, 0.25) is 0 Å². The molecule has 0 spiro atoms. The fourth-order valence-corrected chi connectivity index (χ4v) is 2.09. The smallest absolute Gasteiger partial charge is 0.226 e. The largest absolute Gasteiger partial charge is 0.299 e. The van der Waals surface area contributed by atoms with Crippen LogP contribution < -0.4 is 5.32 Å². The molecule has 3 heteroatoms. The molecule has 0 saturated carbocycles. The summed E-state index contributed by atoms with van der Waals surface area (Å²) < 4.78 is 0. The van der Waals surface area contributed by atoms with Crippen LogP contribution in [-0.4, -0.2) is 12.3 Å². The summed E-state index contributed by atoms with van der Waals surface area (Å²) in [4.78, 5) is 20.9. The Bertz CT molecular complexity index is 205. The Labute approximate surface area is 112 Å². The van der Waals surface area contributed by atoms with Crippen molar-refractivity contribution in [2.24, 2.45) is 0 Å². The number of amides is 2. The van der Waals surface area contributed by atoms with E-state index in [1.54, 1.807) is 0 Å². The van der Waals surface area contributed by atoms with Crippen LogP contribution in [-0.2, 0) is 9.59 Å². The van der Waals surface area contributed by atoms with Crippen LogP contribution in [0.25, 0.3) is 0 Å². The van der Waals surface area contributed by atoms with E-state index in [1.165, 1.54) is 57.8 Å². The Balaban J connectivity index is 3.03. The SMILES string of the molecule is CCCCCCCCCCCCCC(=O)NC=O. The third-order valence-corrected chi connectivity index (χ3v) is 3.23. The first kappa shape index (κ1) is 17.1. The fourth-order valence-electron chi connectivity index (χ4n) is 2.09. The first-order valence-corrected chi connectivity index (χ1v) is 7.54. The monoisotopic (exact) mass is 255 g/mol. The number of nitrogens with one attached hydrogen (secondary N) is 1. The number of rotatable bonds is 13. The van der Waals surface area contributed by atoms with E-state index in [-0.39, 0.29) is 5.91 Å². The van der Waals surface area contributed by atoms with Gasteiger partial charge in [-0.1, -0.05) is 71.1 Å². The van der Waals surface area contributed by atoms with Crippen LogP contribution in [0.1, 0.15) is 84.0 Å². The summed E-state index contributed by atoms with van der Waals surface area (Å²) in [5.41, 5.74) is 0. The Hall–Kier alpha value is -0.860. The van der Waals surface area contributed by atoms with Gasteiger partial charge in [-0.25, -0.2) is 0 Å². The van der Waals surface area contributed by atoms with E-state index in [0.717, 1.165) is 12.8 Å². The maximum atomic E-state index is 11.0. The normalized spacial score (nSPS) is 10.3. The summed E-state index contributed by atoms with van der Waals surface area (Å²) >= 11 is 0. The van der Waals surface area contributed by atoms with Crippen molar-refractivity contribution in [2.75, 3.05) is 0 Å². The molecular formula is C15H29NO2. The molecular weight excluding hydrogens is 226 g/mol. The van der Waals surface area contributed by atoms with Crippen molar-refractivity contribution in [3.8, 4) is 0 Å². The minimum atomic E-state index is -0.152. The second-order valence-corrected chi connectivity index (χ2v) is 4.97. The van der Waals surface area contributed by atoms with Crippen LogP contribution in [0.3, 0.4) is 0 Å². The van der Waals surface area contributed by atoms with Gasteiger partial charge in [-0.3, -0.25) is 14.9 Å². The van der Waals surface area contributed by atoms with Gasteiger partial charge in [-0.15, -0.1) is 0 Å². The van der Waals surface area contributed by atoms with Crippen molar-refractivity contribution in [1.82, 2.24) is 5.32 Å². The highest BCUT2D eigenvalue weighted by Gasteiger charge is 1.98. The summed E-state index contributed by atoms with van der Waals surface area (Å²) in [7, 11) is 0. The van der Waals surface area contributed by atoms with Gasteiger partial charge in [0.05, 0.1) is 0 Å². The van der Waals surface area contributed by atoms with Crippen LogP contribution in [0.5, 0.6) is 0 Å². The van der Waals surface area contributed by atoms with Gasteiger partial charge in [0.25, 0.3) is 0 Å². The van der Waals surface area contributed by atoms with E-state index in [4.69, 9.17) is 0 Å². The number of hydrogen-bond donors (Lipinski definition) is 1.